The lowest BCUT2D eigenvalue weighted by atomic mass is 10.0. The Balaban J connectivity index is 2.22. The molecule has 1 aromatic carbocycles. The van der Waals surface area contributed by atoms with E-state index in [1.54, 1.807) is 12.1 Å². The van der Waals surface area contributed by atoms with Crippen LogP contribution in [0, 0.1) is 0 Å². The largest absolute Gasteiger partial charge is 0.504 e. The Morgan fingerprint density at radius 1 is 1.41 bits per heavy atom. The smallest absolute Gasteiger partial charge is 0.182 e. The molecule has 0 bridgehead atoms. The highest BCUT2D eigenvalue weighted by atomic mass is 16.5. The summed E-state index contributed by atoms with van der Waals surface area (Å²) in [5.41, 5.74) is 2.81. The molecular formula is C17H19NO4. The summed E-state index contributed by atoms with van der Waals surface area (Å²) >= 11 is 0. The summed E-state index contributed by atoms with van der Waals surface area (Å²) in [6, 6.07) is 4.56. The summed E-state index contributed by atoms with van der Waals surface area (Å²) in [4.78, 5) is 25.3. The summed E-state index contributed by atoms with van der Waals surface area (Å²) in [6.07, 6.45) is 3.35. The fraction of sp³-hybridized carbons (Fsp3) is 0.294. The quantitative estimate of drug-likeness (QED) is 0.669. The average Bonchev–Trinajstić information content (AvgIpc) is 2.51. The van der Waals surface area contributed by atoms with Gasteiger partial charge in [-0.25, -0.2) is 0 Å². The van der Waals surface area contributed by atoms with Gasteiger partial charge >= 0.3 is 0 Å². The number of methoxy groups -OCH3 is 1. The van der Waals surface area contributed by atoms with E-state index in [2.05, 4.69) is 0 Å². The second kappa shape index (κ2) is 6.47. The minimum absolute atomic E-state index is 0.0693. The van der Waals surface area contributed by atoms with Crippen LogP contribution in [0.3, 0.4) is 0 Å². The molecule has 5 heteroatoms. The molecule has 0 saturated heterocycles. The third-order valence-electron chi connectivity index (χ3n) is 3.86. The van der Waals surface area contributed by atoms with Crippen LogP contribution in [0.1, 0.15) is 30.6 Å². The number of benzene rings is 1. The monoisotopic (exact) mass is 301 g/mol. The highest BCUT2D eigenvalue weighted by Crippen LogP contribution is 2.28. The maximum absolute atomic E-state index is 12.4. The molecule has 1 aliphatic rings. The Labute approximate surface area is 129 Å². The molecule has 0 amide bonds. The van der Waals surface area contributed by atoms with Crippen LogP contribution in [-0.2, 0) is 4.79 Å². The molecule has 1 heterocycles. The number of nitrogens with zero attached hydrogens (tertiary/aromatic N) is 1. The van der Waals surface area contributed by atoms with Gasteiger partial charge in [0, 0.05) is 22.5 Å². The maximum Gasteiger partial charge on any atom is 0.182 e. The normalized spacial score (nSPS) is 14.7. The first-order valence-electron chi connectivity index (χ1n) is 6.97. The number of ketones is 1. The molecule has 1 aliphatic heterocycles. The van der Waals surface area contributed by atoms with E-state index in [4.69, 9.17) is 4.74 Å². The van der Waals surface area contributed by atoms with Crippen molar-refractivity contribution in [3.63, 3.8) is 0 Å². The van der Waals surface area contributed by atoms with Crippen LogP contribution in [0.4, 0.5) is 0 Å². The summed E-state index contributed by atoms with van der Waals surface area (Å²) in [6.45, 7) is 3.86. The van der Waals surface area contributed by atoms with Crippen LogP contribution < -0.4 is 4.74 Å². The number of carbonyl (C=O) groups excluding carboxylic acids is 2. The van der Waals surface area contributed by atoms with Gasteiger partial charge in [-0.05, 0) is 38.5 Å². The number of ether oxygens (including phenoxy) is 1. The second-order valence-electron chi connectivity index (χ2n) is 5.17. The number of phenols is 1. The number of rotatable bonds is 5. The van der Waals surface area contributed by atoms with Crippen LogP contribution >= 0.6 is 0 Å². The van der Waals surface area contributed by atoms with E-state index >= 15 is 0 Å². The molecule has 0 atom stereocenters. The summed E-state index contributed by atoms with van der Waals surface area (Å²) < 4.78 is 4.97. The minimum atomic E-state index is -0.141. The van der Waals surface area contributed by atoms with Crippen molar-refractivity contribution in [3.05, 3.63) is 46.8 Å². The van der Waals surface area contributed by atoms with Gasteiger partial charge in [0.05, 0.1) is 13.7 Å². The van der Waals surface area contributed by atoms with Crippen molar-refractivity contribution in [2.45, 2.75) is 20.3 Å². The van der Waals surface area contributed by atoms with Gasteiger partial charge in [0.1, 0.15) is 6.29 Å². The van der Waals surface area contributed by atoms with Crippen molar-refractivity contribution < 1.29 is 19.4 Å². The first kappa shape index (κ1) is 15.8. The first-order chi connectivity index (χ1) is 10.5. The molecular weight excluding hydrogens is 282 g/mol. The lowest BCUT2D eigenvalue weighted by molar-refractivity contribution is -0.105. The van der Waals surface area contributed by atoms with Gasteiger partial charge < -0.3 is 14.7 Å². The predicted molar refractivity (Wildman–Crippen MR) is 82.8 cm³/mol. The third kappa shape index (κ3) is 3.03. The molecule has 0 aliphatic carbocycles. The molecule has 5 nitrogen and oxygen atoms in total. The molecule has 0 saturated carbocycles. The zero-order valence-corrected chi connectivity index (χ0v) is 12.9. The molecule has 116 valence electrons. The number of phenolic OH excluding ortho intramolecular Hbond substituents is 1. The molecule has 0 aromatic heterocycles. The van der Waals surface area contributed by atoms with Crippen LogP contribution in [0.25, 0.3) is 0 Å². The van der Waals surface area contributed by atoms with E-state index in [0.717, 1.165) is 17.7 Å². The van der Waals surface area contributed by atoms with E-state index < -0.39 is 0 Å². The van der Waals surface area contributed by atoms with Gasteiger partial charge in [0.2, 0.25) is 0 Å². The summed E-state index contributed by atoms with van der Waals surface area (Å²) in [5.74, 6) is 0.113. The van der Waals surface area contributed by atoms with E-state index in [1.165, 1.54) is 13.2 Å². The number of hydrogen-bond donors (Lipinski definition) is 1. The van der Waals surface area contributed by atoms with Crippen molar-refractivity contribution >= 4 is 12.1 Å². The number of aromatic hydroxyl groups is 1. The fourth-order valence-corrected chi connectivity index (χ4v) is 2.43. The van der Waals surface area contributed by atoms with E-state index in [1.807, 2.05) is 24.8 Å². The molecule has 1 N–H and O–H groups in total. The van der Waals surface area contributed by atoms with Crippen molar-refractivity contribution in [1.29, 1.82) is 0 Å². The standard InChI is InChI=1S/C17H19NO4/c1-11-4-5-14(10-19)12(2)18(11)9-16(21)13-6-7-17(22-3)15(20)8-13/h4,6-8,10,20H,5,9H2,1-3H3. The fourth-order valence-electron chi connectivity index (χ4n) is 2.43. The highest BCUT2D eigenvalue weighted by Gasteiger charge is 2.20. The number of hydrogen-bond acceptors (Lipinski definition) is 5. The average molecular weight is 301 g/mol. The van der Waals surface area contributed by atoms with Gasteiger partial charge in [-0.3, -0.25) is 9.59 Å². The Hall–Kier alpha value is -2.56. The van der Waals surface area contributed by atoms with Gasteiger partial charge in [0.15, 0.2) is 17.3 Å². The molecule has 2 rings (SSSR count). The molecule has 1 aromatic rings. The molecule has 0 spiro atoms. The topological polar surface area (TPSA) is 66.8 Å². The zero-order valence-electron chi connectivity index (χ0n) is 12.9. The Morgan fingerprint density at radius 2 is 2.14 bits per heavy atom. The first-order valence-corrected chi connectivity index (χ1v) is 6.97. The van der Waals surface area contributed by atoms with Crippen LogP contribution in [0.5, 0.6) is 11.5 Å². The maximum atomic E-state index is 12.4. The molecule has 22 heavy (non-hydrogen) atoms. The molecule has 0 radical (unpaired) electrons. The number of aldehydes is 1. The lowest BCUT2D eigenvalue weighted by Crippen LogP contribution is -2.29. The van der Waals surface area contributed by atoms with Crippen LogP contribution in [0.15, 0.2) is 41.2 Å². The van der Waals surface area contributed by atoms with E-state index in [9.17, 15) is 14.7 Å². The predicted octanol–water partition coefficient (Wildman–Crippen LogP) is 2.67. The number of allylic oxidation sites excluding steroid dienone is 4. The lowest BCUT2D eigenvalue weighted by Gasteiger charge is -2.30. The highest BCUT2D eigenvalue weighted by molar-refractivity contribution is 5.98. The van der Waals surface area contributed by atoms with E-state index in [0.29, 0.717) is 23.3 Å². The SMILES string of the molecule is COc1ccc(C(=O)CN2C(C)=CCC(C=O)=C2C)cc1O. The summed E-state index contributed by atoms with van der Waals surface area (Å²) in [7, 11) is 1.45. The minimum Gasteiger partial charge on any atom is -0.504 e. The Bertz CT molecular complexity index is 673. The Kier molecular flexibility index (Phi) is 4.65. The number of Topliss-reactive ketones (excluding diaryl/α,β-unsaturated/α-hetero) is 1. The van der Waals surface area contributed by atoms with Crippen molar-refractivity contribution in [2.75, 3.05) is 13.7 Å². The summed E-state index contributed by atoms with van der Waals surface area (Å²) in [5, 5.41) is 9.77. The molecule has 0 unspecified atom stereocenters. The van der Waals surface area contributed by atoms with Gasteiger partial charge in [-0.1, -0.05) is 6.08 Å². The van der Waals surface area contributed by atoms with Gasteiger partial charge in [0.25, 0.3) is 0 Å². The Morgan fingerprint density at radius 3 is 2.73 bits per heavy atom. The van der Waals surface area contributed by atoms with Crippen molar-refractivity contribution in [3.8, 4) is 11.5 Å². The van der Waals surface area contributed by atoms with Gasteiger partial charge in [-0.15, -0.1) is 0 Å². The zero-order chi connectivity index (χ0) is 16.3. The van der Waals surface area contributed by atoms with Gasteiger partial charge in [-0.2, -0.15) is 0 Å². The van der Waals surface area contributed by atoms with Crippen LogP contribution in [0.2, 0.25) is 0 Å². The van der Waals surface area contributed by atoms with Crippen LogP contribution in [-0.4, -0.2) is 35.7 Å². The number of carbonyl (C=O) groups is 2. The second-order valence-corrected chi connectivity index (χ2v) is 5.17. The van der Waals surface area contributed by atoms with E-state index in [-0.39, 0.29) is 18.1 Å². The van der Waals surface area contributed by atoms with Crippen molar-refractivity contribution in [1.82, 2.24) is 4.90 Å². The van der Waals surface area contributed by atoms with Crippen molar-refractivity contribution in [2.24, 2.45) is 0 Å². The third-order valence-corrected chi connectivity index (χ3v) is 3.86. The molecule has 0 fully saturated rings.